The number of benzene rings is 1. The van der Waals surface area contributed by atoms with Crippen LogP contribution in [0, 0.1) is 11.3 Å². The highest BCUT2D eigenvalue weighted by Crippen LogP contribution is 2.19. The normalized spacial score (nSPS) is 10.8. The van der Waals surface area contributed by atoms with E-state index in [0.717, 1.165) is 5.56 Å². The van der Waals surface area contributed by atoms with Crippen LogP contribution in [0.25, 0.3) is 0 Å². The summed E-state index contributed by atoms with van der Waals surface area (Å²) in [6.45, 7) is -0.849. The van der Waals surface area contributed by atoms with Crippen LogP contribution >= 0.6 is 0 Å². The molecule has 2 rings (SSSR count). The second-order valence-electron chi connectivity index (χ2n) is 4.45. The van der Waals surface area contributed by atoms with E-state index in [4.69, 9.17) is 5.26 Å². The molecule has 0 bridgehead atoms. The molecule has 1 N–H and O–H groups in total. The van der Waals surface area contributed by atoms with Crippen LogP contribution < -0.4 is 10.1 Å². The number of hydrogen-bond acceptors (Lipinski definition) is 4. The average Bonchev–Trinajstić information content (AvgIpc) is 2.52. The molecule has 0 saturated carbocycles. The molecule has 7 heteroatoms. The van der Waals surface area contributed by atoms with Gasteiger partial charge in [0.25, 0.3) is 0 Å². The van der Waals surface area contributed by atoms with Crippen molar-refractivity contribution in [1.82, 2.24) is 4.98 Å². The molecule has 1 aromatic carbocycles. The van der Waals surface area contributed by atoms with Gasteiger partial charge >= 0.3 is 6.18 Å². The molecular weight excluding hydrogens is 295 g/mol. The molecule has 0 aliphatic carbocycles. The van der Waals surface area contributed by atoms with Crippen molar-refractivity contribution < 1.29 is 17.9 Å². The minimum absolute atomic E-state index is 0.164. The molecule has 0 spiro atoms. The summed E-state index contributed by atoms with van der Waals surface area (Å²) in [6, 6.07) is 11.6. The fourth-order valence-electron chi connectivity index (χ4n) is 1.63. The van der Waals surface area contributed by atoms with Crippen LogP contribution in [0.2, 0.25) is 0 Å². The SMILES string of the molecule is N#Cc1ccc(NCc2ccc(OCC(F)(F)F)cc2)nc1. The number of rotatable bonds is 5. The Bertz CT molecular complexity index is 646. The molecule has 2 aromatic rings. The lowest BCUT2D eigenvalue weighted by atomic mass is 10.2. The van der Waals surface area contributed by atoms with Gasteiger partial charge in [-0.15, -0.1) is 0 Å². The fraction of sp³-hybridized carbons (Fsp3) is 0.200. The van der Waals surface area contributed by atoms with Crippen LogP contribution in [-0.2, 0) is 6.54 Å². The number of alkyl halides is 3. The van der Waals surface area contributed by atoms with Gasteiger partial charge in [0.15, 0.2) is 6.61 Å². The van der Waals surface area contributed by atoms with Gasteiger partial charge in [0.1, 0.15) is 17.6 Å². The van der Waals surface area contributed by atoms with Gasteiger partial charge in [0.05, 0.1) is 5.56 Å². The molecule has 114 valence electrons. The van der Waals surface area contributed by atoms with Gasteiger partial charge in [-0.3, -0.25) is 0 Å². The summed E-state index contributed by atoms with van der Waals surface area (Å²) in [5, 5.41) is 11.7. The molecular formula is C15H12F3N3O. The predicted octanol–water partition coefficient (Wildman–Crippen LogP) is 3.51. The summed E-state index contributed by atoms with van der Waals surface area (Å²) in [5.74, 6) is 0.772. The van der Waals surface area contributed by atoms with E-state index in [-0.39, 0.29) is 5.75 Å². The molecule has 0 aliphatic heterocycles. The number of nitriles is 1. The fourth-order valence-corrected chi connectivity index (χ4v) is 1.63. The zero-order valence-electron chi connectivity index (χ0n) is 11.4. The molecule has 0 fully saturated rings. The summed E-state index contributed by atoms with van der Waals surface area (Å²) in [6.07, 6.45) is -2.89. The minimum Gasteiger partial charge on any atom is -0.484 e. The first kappa shape index (κ1) is 15.6. The lowest BCUT2D eigenvalue weighted by Gasteiger charge is -2.10. The van der Waals surface area contributed by atoms with Gasteiger partial charge in [-0.1, -0.05) is 12.1 Å². The number of ether oxygens (including phenoxy) is 1. The van der Waals surface area contributed by atoms with E-state index in [2.05, 4.69) is 15.0 Å². The second kappa shape index (κ2) is 6.80. The smallest absolute Gasteiger partial charge is 0.422 e. The van der Waals surface area contributed by atoms with Crippen LogP contribution in [0.4, 0.5) is 19.0 Å². The molecule has 0 saturated heterocycles. The van der Waals surface area contributed by atoms with Crippen molar-refractivity contribution in [1.29, 1.82) is 5.26 Å². The van der Waals surface area contributed by atoms with Gasteiger partial charge in [-0.2, -0.15) is 18.4 Å². The predicted molar refractivity (Wildman–Crippen MR) is 74.3 cm³/mol. The standard InChI is InChI=1S/C15H12F3N3O/c16-15(17,18)10-22-13-4-1-11(2-5-13)8-20-14-6-3-12(7-19)9-21-14/h1-6,9H,8,10H2,(H,20,21). The highest BCUT2D eigenvalue weighted by Gasteiger charge is 2.28. The van der Waals surface area contributed by atoms with Crippen molar-refractivity contribution in [2.75, 3.05) is 11.9 Å². The van der Waals surface area contributed by atoms with Crippen LogP contribution in [0.5, 0.6) is 5.75 Å². The number of nitrogens with zero attached hydrogens (tertiary/aromatic N) is 2. The second-order valence-corrected chi connectivity index (χ2v) is 4.45. The van der Waals surface area contributed by atoms with Crippen molar-refractivity contribution in [3.8, 4) is 11.8 Å². The van der Waals surface area contributed by atoms with Crippen molar-refractivity contribution >= 4 is 5.82 Å². The number of pyridine rings is 1. The number of halogens is 3. The maximum atomic E-state index is 12.0. The van der Waals surface area contributed by atoms with Crippen LogP contribution in [0.3, 0.4) is 0 Å². The Morgan fingerprint density at radius 3 is 2.41 bits per heavy atom. The van der Waals surface area contributed by atoms with Gasteiger partial charge in [0, 0.05) is 12.7 Å². The molecule has 0 radical (unpaired) electrons. The summed E-state index contributed by atoms with van der Waals surface area (Å²) in [4.78, 5) is 4.06. The van der Waals surface area contributed by atoms with Gasteiger partial charge in [-0.05, 0) is 29.8 Å². The van der Waals surface area contributed by atoms with Crippen molar-refractivity contribution in [3.63, 3.8) is 0 Å². The third-order valence-electron chi connectivity index (χ3n) is 2.69. The van der Waals surface area contributed by atoms with E-state index in [9.17, 15) is 13.2 Å². The molecule has 0 atom stereocenters. The van der Waals surface area contributed by atoms with Crippen LogP contribution in [0.1, 0.15) is 11.1 Å². The number of nitrogens with one attached hydrogen (secondary N) is 1. The number of anilines is 1. The summed E-state index contributed by atoms with van der Waals surface area (Å²) < 4.78 is 40.7. The zero-order chi connectivity index (χ0) is 16.0. The number of aromatic nitrogens is 1. The zero-order valence-corrected chi connectivity index (χ0v) is 11.4. The molecule has 1 aromatic heterocycles. The highest BCUT2D eigenvalue weighted by atomic mass is 19.4. The third kappa shape index (κ3) is 4.98. The van der Waals surface area contributed by atoms with Gasteiger partial charge in [0.2, 0.25) is 0 Å². The Hall–Kier alpha value is -2.75. The third-order valence-corrected chi connectivity index (χ3v) is 2.69. The summed E-state index contributed by atoms with van der Waals surface area (Å²) in [5.41, 5.74) is 1.34. The highest BCUT2D eigenvalue weighted by molar-refractivity contribution is 5.40. The van der Waals surface area contributed by atoms with E-state index >= 15 is 0 Å². The van der Waals surface area contributed by atoms with Crippen LogP contribution in [0.15, 0.2) is 42.6 Å². The Balaban J connectivity index is 1.87. The molecule has 4 nitrogen and oxygen atoms in total. The molecule has 0 aliphatic rings. The van der Waals surface area contributed by atoms with E-state index in [0.29, 0.717) is 17.9 Å². The first-order valence-electron chi connectivity index (χ1n) is 6.35. The van der Waals surface area contributed by atoms with E-state index in [1.54, 1.807) is 24.3 Å². The molecule has 0 amide bonds. The molecule has 22 heavy (non-hydrogen) atoms. The summed E-state index contributed by atoms with van der Waals surface area (Å²) >= 11 is 0. The van der Waals surface area contributed by atoms with E-state index in [1.165, 1.54) is 18.3 Å². The van der Waals surface area contributed by atoms with Crippen LogP contribution in [-0.4, -0.2) is 17.8 Å². The Morgan fingerprint density at radius 2 is 1.86 bits per heavy atom. The topological polar surface area (TPSA) is 57.9 Å². The Labute approximate surface area is 125 Å². The lowest BCUT2D eigenvalue weighted by Crippen LogP contribution is -2.19. The number of hydrogen-bond donors (Lipinski definition) is 1. The monoisotopic (exact) mass is 307 g/mol. The lowest BCUT2D eigenvalue weighted by molar-refractivity contribution is -0.153. The van der Waals surface area contributed by atoms with Crippen molar-refractivity contribution in [2.24, 2.45) is 0 Å². The van der Waals surface area contributed by atoms with Crippen molar-refractivity contribution in [3.05, 3.63) is 53.7 Å². The van der Waals surface area contributed by atoms with Crippen molar-refractivity contribution in [2.45, 2.75) is 12.7 Å². The average molecular weight is 307 g/mol. The maximum absolute atomic E-state index is 12.0. The Kier molecular flexibility index (Phi) is 4.84. The first-order chi connectivity index (χ1) is 10.5. The van der Waals surface area contributed by atoms with E-state index < -0.39 is 12.8 Å². The van der Waals surface area contributed by atoms with E-state index in [1.807, 2.05) is 6.07 Å². The maximum Gasteiger partial charge on any atom is 0.422 e. The van der Waals surface area contributed by atoms with Gasteiger partial charge in [-0.25, -0.2) is 4.98 Å². The molecule has 1 heterocycles. The minimum atomic E-state index is -4.35. The quantitative estimate of drug-likeness (QED) is 0.918. The van der Waals surface area contributed by atoms with Gasteiger partial charge < -0.3 is 10.1 Å². The first-order valence-corrected chi connectivity index (χ1v) is 6.35. The largest absolute Gasteiger partial charge is 0.484 e. The molecule has 0 unspecified atom stereocenters. The summed E-state index contributed by atoms with van der Waals surface area (Å²) in [7, 11) is 0. The Morgan fingerprint density at radius 1 is 1.14 bits per heavy atom.